The lowest BCUT2D eigenvalue weighted by Gasteiger charge is -2.34. The van der Waals surface area contributed by atoms with E-state index < -0.39 is 5.60 Å². The van der Waals surface area contributed by atoms with Gasteiger partial charge in [-0.25, -0.2) is 0 Å². The van der Waals surface area contributed by atoms with Gasteiger partial charge in [-0.15, -0.1) is 0 Å². The van der Waals surface area contributed by atoms with E-state index in [1.54, 1.807) is 0 Å². The highest BCUT2D eigenvalue weighted by Gasteiger charge is 2.30. The van der Waals surface area contributed by atoms with Gasteiger partial charge in [-0.05, 0) is 12.8 Å². The normalized spacial score (nSPS) is 24.8. The first kappa shape index (κ1) is 12.9. The Morgan fingerprint density at radius 2 is 1.93 bits per heavy atom. The zero-order valence-corrected chi connectivity index (χ0v) is 10.3. The van der Waals surface area contributed by atoms with Gasteiger partial charge in [-0.2, -0.15) is 0 Å². The Morgan fingerprint density at radius 1 is 1.33 bits per heavy atom. The van der Waals surface area contributed by atoms with Gasteiger partial charge in [-0.1, -0.05) is 20.3 Å². The van der Waals surface area contributed by atoms with E-state index in [1.807, 2.05) is 0 Å². The van der Waals surface area contributed by atoms with Gasteiger partial charge in [-0.3, -0.25) is 0 Å². The number of aliphatic hydroxyl groups is 1. The molecule has 0 bridgehead atoms. The van der Waals surface area contributed by atoms with Crippen molar-refractivity contribution < 1.29 is 9.84 Å². The van der Waals surface area contributed by atoms with E-state index in [-0.39, 0.29) is 0 Å². The van der Waals surface area contributed by atoms with Crippen LogP contribution in [0.25, 0.3) is 0 Å². The number of ether oxygens (including phenoxy) is 1. The third-order valence-corrected chi connectivity index (χ3v) is 3.67. The summed E-state index contributed by atoms with van der Waals surface area (Å²) in [6, 6.07) is 0.474. The lowest BCUT2D eigenvalue weighted by atomic mass is 9.93. The predicted molar refractivity (Wildman–Crippen MR) is 61.9 cm³/mol. The fourth-order valence-corrected chi connectivity index (χ4v) is 1.83. The van der Waals surface area contributed by atoms with Crippen molar-refractivity contribution in [2.45, 2.75) is 51.7 Å². The molecule has 0 aliphatic carbocycles. The first-order valence-corrected chi connectivity index (χ1v) is 6.11. The highest BCUT2D eigenvalue weighted by atomic mass is 16.5. The maximum Gasteiger partial charge on any atom is 0.0815 e. The Bertz CT molecular complexity index is 178. The molecule has 2 unspecified atom stereocenters. The van der Waals surface area contributed by atoms with Crippen molar-refractivity contribution in [2.24, 2.45) is 5.92 Å². The smallest absolute Gasteiger partial charge is 0.0815 e. The van der Waals surface area contributed by atoms with E-state index in [9.17, 15) is 5.11 Å². The van der Waals surface area contributed by atoms with Crippen LogP contribution in [0.4, 0.5) is 0 Å². The standard InChI is InChI=1S/C12H25NO2/c1-4-10(2)11(3)13-9-12(14)5-7-15-8-6-12/h10-11,13-14H,4-9H2,1-3H3. The van der Waals surface area contributed by atoms with Crippen molar-refractivity contribution in [3.8, 4) is 0 Å². The maximum absolute atomic E-state index is 10.2. The van der Waals surface area contributed by atoms with Crippen LogP contribution in [0.15, 0.2) is 0 Å². The Morgan fingerprint density at radius 3 is 2.47 bits per heavy atom. The van der Waals surface area contributed by atoms with Crippen molar-refractivity contribution in [3.05, 3.63) is 0 Å². The summed E-state index contributed by atoms with van der Waals surface area (Å²) < 4.78 is 5.25. The molecule has 3 heteroatoms. The van der Waals surface area contributed by atoms with Crippen LogP contribution in [0.1, 0.15) is 40.0 Å². The predicted octanol–water partition coefficient (Wildman–Crippen LogP) is 1.55. The third-order valence-electron chi connectivity index (χ3n) is 3.67. The van der Waals surface area contributed by atoms with Crippen LogP contribution in [0.3, 0.4) is 0 Å². The lowest BCUT2D eigenvalue weighted by molar-refractivity contribution is -0.0631. The average molecular weight is 215 g/mol. The lowest BCUT2D eigenvalue weighted by Crippen LogP contribution is -2.48. The van der Waals surface area contributed by atoms with Crippen LogP contribution in [0.2, 0.25) is 0 Å². The van der Waals surface area contributed by atoms with Gasteiger partial charge in [0, 0.05) is 38.6 Å². The van der Waals surface area contributed by atoms with Crippen LogP contribution >= 0.6 is 0 Å². The first-order chi connectivity index (χ1) is 7.07. The van der Waals surface area contributed by atoms with E-state index >= 15 is 0 Å². The van der Waals surface area contributed by atoms with E-state index in [0.717, 1.165) is 12.8 Å². The third kappa shape index (κ3) is 4.09. The van der Waals surface area contributed by atoms with Gasteiger partial charge in [0.1, 0.15) is 0 Å². The molecule has 0 aromatic rings. The van der Waals surface area contributed by atoms with E-state index in [0.29, 0.717) is 31.7 Å². The molecular formula is C12H25NO2. The van der Waals surface area contributed by atoms with Gasteiger partial charge in [0.25, 0.3) is 0 Å². The zero-order valence-electron chi connectivity index (χ0n) is 10.3. The van der Waals surface area contributed by atoms with Crippen LogP contribution in [0, 0.1) is 5.92 Å². The summed E-state index contributed by atoms with van der Waals surface area (Å²) in [7, 11) is 0. The summed E-state index contributed by atoms with van der Waals surface area (Å²) in [4.78, 5) is 0. The van der Waals surface area contributed by atoms with Gasteiger partial charge in [0.05, 0.1) is 5.60 Å². The Balaban J connectivity index is 2.28. The molecule has 1 rings (SSSR count). The van der Waals surface area contributed by atoms with Gasteiger partial charge < -0.3 is 15.2 Å². The van der Waals surface area contributed by atoms with Crippen molar-refractivity contribution in [1.82, 2.24) is 5.32 Å². The van der Waals surface area contributed by atoms with E-state index in [2.05, 4.69) is 26.1 Å². The molecule has 1 heterocycles. The van der Waals surface area contributed by atoms with E-state index in [4.69, 9.17) is 4.74 Å². The molecule has 0 amide bonds. The number of hydrogen-bond donors (Lipinski definition) is 2. The van der Waals surface area contributed by atoms with Crippen molar-refractivity contribution in [3.63, 3.8) is 0 Å². The molecule has 0 aromatic carbocycles. The summed E-state index contributed by atoms with van der Waals surface area (Å²) in [6.07, 6.45) is 2.69. The summed E-state index contributed by atoms with van der Waals surface area (Å²) in [5.41, 5.74) is -0.542. The molecule has 15 heavy (non-hydrogen) atoms. The highest BCUT2D eigenvalue weighted by molar-refractivity contribution is 4.85. The summed E-state index contributed by atoms with van der Waals surface area (Å²) >= 11 is 0. The second-order valence-corrected chi connectivity index (χ2v) is 4.89. The molecule has 1 aliphatic rings. The minimum absolute atomic E-state index is 0.474. The molecule has 0 spiro atoms. The largest absolute Gasteiger partial charge is 0.388 e. The molecule has 1 fully saturated rings. The molecule has 0 radical (unpaired) electrons. The van der Waals surface area contributed by atoms with E-state index in [1.165, 1.54) is 6.42 Å². The monoisotopic (exact) mass is 215 g/mol. The molecular weight excluding hydrogens is 190 g/mol. The summed E-state index contributed by atoms with van der Waals surface area (Å²) in [5.74, 6) is 0.661. The number of nitrogens with one attached hydrogen (secondary N) is 1. The van der Waals surface area contributed by atoms with Gasteiger partial charge >= 0.3 is 0 Å². The van der Waals surface area contributed by atoms with Gasteiger partial charge in [0.2, 0.25) is 0 Å². The maximum atomic E-state index is 10.2. The highest BCUT2D eigenvalue weighted by Crippen LogP contribution is 2.20. The quantitative estimate of drug-likeness (QED) is 0.731. The van der Waals surface area contributed by atoms with Crippen molar-refractivity contribution in [2.75, 3.05) is 19.8 Å². The average Bonchev–Trinajstić information content (AvgIpc) is 2.26. The molecule has 1 aliphatic heterocycles. The molecule has 2 atom stereocenters. The topological polar surface area (TPSA) is 41.5 Å². The minimum Gasteiger partial charge on any atom is -0.388 e. The second-order valence-electron chi connectivity index (χ2n) is 4.89. The molecule has 0 saturated carbocycles. The summed E-state index contributed by atoms with van der Waals surface area (Å²) in [5, 5.41) is 13.7. The van der Waals surface area contributed by atoms with Crippen LogP contribution in [-0.4, -0.2) is 36.5 Å². The van der Waals surface area contributed by atoms with Crippen molar-refractivity contribution in [1.29, 1.82) is 0 Å². The minimum atomic E-state index is -0.542. The zero-order chi connectivity index (χ0) is 11.3. The van der Waals surface area contributed by atoms with Crippen LogP contribution < -0.4 is 5.32 Å². The van der Waals surface area contributed by atoms with Crippen LogP contribution in [-0.2, 0) is 4.74 Å². The van der Waals surface area contributed by atoms with Gasteiger partial charge in [0.15, 0.2) is 0 Å². The number of rotatable bonds is 5. The Labute approximate surface area is 93.2 Å². The summed E-state index contributed by atoms with van der Waals surface area (Å²) in [6.45, 7) is 8.71. The fraction of sp³-hybridized carbons (Fsp3) is 1.00. The van der Waals surface area contributed by atoms with Crippen molar-refractivity contribution >= 4 is 0 Å². The fourth-order valence-electron chi connectivity index (χ4n) is 1.83. The SMILES string of the molecule is CCC(C)C(C)NCC1(O)CCOCC1. The molecule has 1 saturated heterocycles. The molecule has 2 N–H and O–H groups in total. The Kier molecular flexibility index (Phi) is 5.03. The Hall–Kier alpha value is -0.120. The first-order valence-electron chi connectivity index (χ1n) is 6.11. The molecule has 3 nitrogen and oxygen atoms in total. The number of hydrogen-bond acceptors (Lipinski definition) is 3. The molecule has 0 aromatic heterocycles. The second kappa shape index (κ2) is 5.83. The van der Waals surface area contributed by atoms with Crippen LogP contribution in [0.5, 0.6) is 0 Å². The molecule has 90 valence electrons.